The molecule has 0 aliphatic carbocycles. The van der Waals surface area contributed by atoms with Gasteiger partial charge in [0, 0.05) is 25.6 Å². The average Bonchev–Trinajstić information content (AvgIpc) is 3.04. The maximum Gasteiger partial charge on any atom is 0.225 e. The zero-order valence-electron chi connectivity index (χ0n) is 16.6. The highest BCUT2D eigenvalue weighted by Gasteiger charge is 2.65. The quantitative estimate of drug-likeness (QED) is 0.734. The Morgan fingerprint density at radius 3 is 2.86 bits per heavy atom. The maximum atomic E-state index is 13.2. The highest BCUT2D eigenvalue weighted by atomic mass is 32.2. The first-order chi connectivity index (χ1) is 13.2. The molecular formula is C20H28N2O5S. The predicted octanol–water partition coefficient (Wildman–Crippen LogP) is 1.28. The van der Waals surface area contributed by atoms with Crippen LogP contribution in [0.3, 0.4) is 0 Å². The molecule has 1 spiro atoms. The summed E-state index contributed by atoms with van der Waals surface area (Å²) in [6.07, 6.45) is 0.897. The van der Waals surface area contributed by atoms with E-state index in [1.165, 1.54) is 0 Å². The van der Waals surface area contributed by atoms with Gasteiger partial charge in [0.15, 0.2) is 0 Å². The monoisotopic (exact) mass is 408 g/mol. The molecule has 3 aliphatic rings. The van der Waals surface area contributed by atoms with Crippen LogP contribution in [0.25, 0.3) is 0 Å². The Bertz CT molecular complexity index is 871. The molecule has 3 saturated heterocycles. The Kier molecular flexibility index (Phi) is 4.92. The van der Waals surface area contributed by atoms with Crippen molar-refractivity contribution in [3.63, 3.8) is 0 Å². The zero-order valence-corrected chi connectivity index (χ0v) is 17.4. The number of hydrogen-bond acceptors (Lipinski definition) is 5. The van der Waals surface area contributed by atoms with Crippen LogP contribution in [0.5, 0.6) is 5.75 Å². The van der Waals surface area contributed by atoms with Crippen molar-refractivity contribution in [3.05, 3.63) is 29.8 Å². The number of carbonyl (C=O) groups excluding carboxylic acids is 1. The summed E-state index contributed by atoms with van der Waals surface area (Å²) in [6.45, 7) is 5.33. The summed E-state index contributed by atoms with van der Waals surface area (Å²) in [4.78, 5) is 14.3. The minimum atomic E-state index is -3.44. The smallest absolute Gasteiger partial charge is 0.225 e. The summed E-state index contributed by atoms with van der Waals surface area (Å²) in [5, 5.41) is -0.555. The first-order valence-corrected chi connectivity index (χ1v) is 11.3. The van der Waals surface area contributed by atoms with E-state index in [-0.39, 0.29) is 17.9 Å². The Hall–Kier alpha value is -1.64. The number of benzene rings is 1. The van der Waals surface area contributed by atoms with Gasteiger partial charge in [0.25, 0.3) is 0 Å². The van der Waals surface area contributed by atoms with Gasteiger partial charge in [0.2, 0.25) is 15.9 Å². The topological polar surface area (TPSA) is 76.2 Å². The molecule has 28 heavy (non-hydrogen) atoms. The number of methoxy groups -OCH3 is 1. The van der Waals surface area contributed by atoms with Gasteiger partial charge in [-0.2, -0.15) is 4.31 Å². The van der Waals surface area contributed by atoms with E-state index in [4.69, 9.17) is 9.47 Å². The van der Waals surface area contributed by atoms with E-state index in [0.29, 0.717) is 39.0 Å². The van der Waals surface area contributed by atoms with Crippen molar-refractivity contribution in [1.82, 2.24) is 9.21 Å². The van der Waals surface area contributed by atoms with Gasteiger partial charge in [0.05, 0.1) is 19.8 Å². The molecule has 0 aromatic heterocycles. The molecule has 4 rings (SSSR count). The number of morpholine rings is 1. The van der Waals surface area contributed by atoms with Crippen LogP contribution in [-0.4, -0.2) is 73.8 Å². The summed E-state index contributed by atoms with van der Waals surface area (Å²) >= 11 is 0. The van der Waals surface area contributed by atoms with Crippen molar-refractivity contribution < 1.29 is 22.7 Å². The second kappa shape index (κ2) is 7.00. The lowest BCUT2D eigenvalue weighted by Gasteiger charge is -2.40. The first kappa shape index (κ1) is 19.7. The number of amides is 1. The van der Waals surface area contributed by atoms with E-state index in [0.717, 1.165) is 11.3 Å². The van der Waals surface area contributed by atoms with E-state index in [1.54, 1.807) is 16.3 Å². The van der Waals surface area contributed by atoms with Gasteiger partial charge in [-0.15, -0.1) is 0 Å². The number of hydrogen-bond donors (Lipinski definition) is 0. The van der Waals surface area contributed by atoms with Crippen molar-refractivity contribution in [3.8, 4) is 5.75 Å². The molecule has 0 radical (unpaired) electrons. The number of sulfonamides is 1. The highest BCUT2D eigenvalue weighted by molar-refractivity contribution is 7.90. The Morgan fingerprint density at radius 2 is 2.14 bits per heavy atom. The van der Waals surface area contributed by atoms with Crippen LogP contribution in [0.4, 0.5) is 0 Å². The third-order valence-electron chi connectivity index (χ3n) is 6.10. The van der Waals surface area contributed by atoms with Crippen molar-refractivity contribution in [2.24, 2.45) is 5.92 Å². The van der Waals surface area contributed by atoms with E-state index in [2.05, 4.69) is 0 Å². The summed E-state index contributed by atoms with van der Waals surface area (Å²) in [6, 6.07) is 7.68. The fraction of sp³-hybridized carbons (Fsp3) is 0.650. The predicted molar refractivity (Wildman–Crippen MR) is 105 cm³/mol. The molecule has 8 heteroatoms. The fourth-order valence-corrected chi connectivity index (χ4v) is 7.07. The van der Waals surface area contributed by atoms with Gasteiger partial charge >= 0.3 is 0 Å². The summed E-state index contributed by atoms with van der Waals surface area (Å²) in [5.41, 5.74) is 0.240. The SMILES string of the molecule is COc1cccc(CCN2C[C@]34CN(C(=O)C(C)C)C[C@H](C[C@H]3S2(=O)=O)O4)c1. The van der Waals surface area contributed by atoms with Crippen LogP contribution in [0.2, 0.25) is 0 Å². The van der Waals surface area contributed by atoms with Gasteiger partial charge in [-0.1, -0.05) is 26.0 Å². The summed E-state index contributed by atoms with van der Waals surface area (Å²) in [7, 11) is -1.83. The van der Waals surface area contributed by atoms with Crippen LogP contribution in [0.1, 0.15) is 25.8 Å². The number of ether oxygens (including phenoxy) is 2. The minimum absolute atomic E-state index is 0.0700. The molecule has 3 aliphatic heterocycles. The molecule has 154 valence electrons. The van der Waals surface area contributed by atoms with Crippen LogP contribution < -0.4 is 4.74 Å². The van der Waals surface area contributed by atoms with E-state index < -0.39 is 20.9 Å². The van der Waals surface area contributed by atoms with Gasteiger partial charge in [-0.25, -0.2) is 8.42 Å². The number of rotatable bonds is 5. The van der Waals surface area contributed by atoms with Gasteiger partial charge in [0.1, 0.15) is 16.6 Å². The molecule has 0 N–H and O–H groups in total. The molecule has 1 aromatic carbocycles. The molecule has 3 heterocycles. The van der Waals surface area contributed by atoms with Crippen LogP contribution in [0, 0.1) is 5.92 Å². The molecule has 1 aromatic rings. The lowest BCUT2D eigenvalue weighted by molar-refractivity contribution is -0.153. The standard InChI is InChI=1S/C20H28N2O5S/c1-14(2)19(23)21-11-17-10-18-20(12-21,27-17)13-22(28(18,24)25)8-7-15-5-4-6-16(9-15)26-3/h4-6,9,14,17-18H,7-8,10-13H2,1-3H3/t17-,18+,20+/m0/s1. The van der Waals surface area contributed by atoms with E-state index in [1.807, 2.05) is 38.1 Å². The second-order valence-electron chi connectivity index (χ2n) is 8.38. The Labute approximate surface area is 166 Å². The third-order valence-corrected chi connectivity index (χ3v) is 8.47. The summed E-state index contributed by atoms with van der Waals surface area (Å²) < 4.78 is 39.4. The van der Waals surface area contributed by atoms with Crippen molar-refractivity contribution in [1.29, 1.82) is 0 Å². The zero-order chi connectivity index (χ0) is 20.1. The second-order valence-corrected chi connectivity index (χ2v) is 10.5. The fourth-order valence-electron chi connectivity index (χ4n) is 4.77. The maximum absolute atomic E-state index is 13.2. The molecular weight excluding hydrogens is 380 g/mol. The van der Waals surface area contributed by atoms with Crippen LogP contribution in [-0.2, 0) is 26.0 Å². The molecule has 0 saturated carbocycles. The first-order valence-electron chi connectivity index (χ1n) is 9.84. The molecule has 3 atom stereocenters. The number of nitrogens with zero attached hydrogens (tertiary/aromatic N) is 2. The van der Waals surface area contributed by atoms with Gasteiger partial charge in [-0.05, 0) is 30.5 Å². The number of carbonyl (C=O) groups is 1. The highest BCUT2D eigenvalue weighted by Crippen LogP contribution is 2.46. The third kappa shape index (κ3) is 3.21. The molecule has 3 fully saturated rings. The van der Waals surface area contributed by atoms with Crippen LogP contribution in [0.15, 0.2) is 24.3 Å². The molecule has 1 amide bonds. The largest absolute Gasteiger partial charge is 0.497 e. The van der Waals surface area contributed by atoms with Crippen LogP contribution >= 0.6 is 0 Å². The molecule has 2 bridgehead atoms. The lowest BCUT2D eigenvalue weighted by Crippen LogP contribution is -2.57. The van der Waals surface area contributed by atoms with Crippen molar-refractivity contribution >= 4 is 15.9 Å². The molecule has 7 nitrogen and oxygen atoms in total. The van der Waals surface area contributed by atoms with Crippen molar-refractivity contribution in [2.45, 2.75) is 43.6 Å². The Balaban J connectivity index is 1.51. The number of likely N-dealkylation sites (tertiary alicyclic amines) is 1. The minimum Gasteiger partial charge on any atom is -0.497 e. The average molecular weight is 409 g/mol. The van der Waals surface area contributed by atoms with Gasteiger partial charge in [-0.3, -0.25) is 4.79 Å². The molecule has 0 unspecified atom stereocenters. The Morgan fingerprint density at radius 1 is 1.36 bits per heavy atom. The van der Waals surface area contributed by atoms with E-state index >= 15 is 0 Å². The normalized spacial score (nSPS) is 31.2. The number of fused-ring (bicyclic) bond motifs is 1. The lowest BCUT2D eigenvalue weighted by atomic mass is 9.98. The van der Waals surface area contributed by atoms with Gasteiger partial charge < -0.3 is 14.4 Å². The van der Waals surface area contributed by atoms with Crippen molar-refractivity contribution in [2.75, 3.05) is 33.3 Å². The van der Waals surface area contributed by atoms with E-state index in [9.17, 15) is 13.2 Å². The summed E-state index contributed by atoms with van der Waals surface area (Å²) in [5.74, 6) is 0.730.